The molecule has 0 saturated heterocycles. The Balaban J connectivity index is 3.03. The van der Waals surface area contributed by atoms with Crippen LogP contribution in [0, 0.1) is 0 Å². The van der Waals surface area contributed by atoms with Crippen molar-refractivity contribution >= 4 is 5.97 Å². The van der Waals surface area contributed by atoms with Crippen LogP contribution in [0.4, 0.5) is 0 Å². The summed E-state index contributed by atoms with van der Waals surface area (Å²) in [5, 5.41) is 3.99. The first-order valence-corrected chi connectivity index (χ1v) is 5.06. The maximum Gasteiger partial charge on any atom is 0.378 e. The Morgan fingerprint density at radius 3 is 2.62 bits per heavy atom. The van der Waals surface area contributed by atoms with Gasteiger partial charge in [0.05, 0.1) is 6.61 Å². The van der Waals surface area contributed by atoms with Gasteiger partial charge < -0.3 is 9.47 Å². The van der Waals surface area contributed by atoms with Gasteiger partial charge in [-0.05, 0) is 20.8 Å². The molecule has 0 radical (unpaired) electrons. The number of carbonyl (C=O) groups excluding carboxylic acids is 1. The molecule has 0 aliphatic heterocycles. The van der Waals surface area contributed by atoms with E-state index in [1.165, 1.54) is 4.68 Å². The number of aryl methyl sites for hydroxylation is 1. The Hall–Kier alpha value is -1.43. The zero-order valence-electron chi connectivity index (χ0n) is 10.3. The highest BCUT2D eigenvalue weighted by Crippen LogP contribution is 2.21. The minimum atomic E-state index is -0.591. The predicted molar refractivity (Wildman–Crippen MR) is 57.0 cm³/mol. The molecule has 0 fully saturated rings. The summed E-state index contributed by atoms with van der Waals surface area (Å²) < 4.78 is 11.6. The maximum atomic E-state index is 11.4. The summed E-state index contributed by atoms with van der Waals surface area (Å²) in [6, 6.07) is 0. The van der Waals surface area contributed by atoms with Crippen molar-refractivity contribution < 1.29 is 14.3 Å². The molecule has 0 spiro atoms. The molecule has 0 bridgehead atoms. The van der Waals surface area contributed by atoms with Gasteiger partial charge >= 0.3 is 5.97 Å². The van der Waals surface area contributed by atoms with Gasteiger partial charge in [-0.1, -0.05) is 0 Å². The fourth-order valence-corrected chi connectivity index (χ4v) is 1.28. The molecule has 16 heavy (non-hydrogen) atoms. The maximum absolute atomic E-state index is 11.4. The summed E-state index contributed by atoms with van der Waals surface area (Å²) in [4.78, 5) is 15.5. The molecule has 0 N–H and O–H groups in total. The smallest absolute Gasteiger partial charge is 0.378 e. The highest BCUT2D eigenvalue weighted by molar-refractivity contribution is 5.85. The van der Waals surface area contributed by atoms with E-state index in [9.17, 15) is 4.79 Å². The quantitative estimate of drug-likeness (QED) is 0.714. The predicted octanol–water partition coefficient (Wildman–Crippen LogP) is 0.873. The molecule has 6 nitrogen and oxygen atoms in total. The number of ether oxygens (including phenoxy) is 2. The second-order valence-electron chi connectivity index (χ2n) is 3.82. The number of rotatable bonds is 4. The number of esters is 1. The lowest BCUT2D eigenvalue weighted by molar-refractivity contribution is 0.00847. The van der Waals surface area contributed by atoms with Crippen LogP contribution in [0.2, 0.25) is 0 Å². The Labute approximate surface area is 94.6 Å². The fraction of sp³-hybridized carbons (Fsp3) is 0.700. The van der Waals surface area contributed by atoms with Gasteiger partial charge in [-0.2, -0.15) is 0 Å². The second-order valence-corrected chi connectivity index (χ2v) is 3.82. The molecule has 0 atom stereocenters. The molecule has 0 amide bonds. The lowest BCUT2D eigenvalue weighted by Crippen LogP contribution is -2.24. The molecule has 0 saturated carbocycles. The SMILES string of the molecule is CCOC(=O)c1nc(C(C)(C)OC)n(C)n1. The van der Waals surface area contributed by atoms with Gasteiger partial charge in [0.1, 0.15) is 5.60 Å². The third-order valence-corrected chi connectivity index (χ3v) is 2.27. The second kappa shape index (κ2) is 4.61. The summed E-state index contributed by atoms with van der Waals surface area (Å²) in [5.74, 6) is 0.124. The lowest BCUT2D eigenvalue weighted by Gasteiger charge is -2.20. The van der Waals surface area contributed by atoms with E-state index in [-0.39, 0.29) is 5.82 Å². The van der Waals surface area contributed by atoms with Crippen molar-refractivity contribution in [2.75, 3.05) is 13.7 Å². The Bertz CT molecular complexity index is 385. The van der Waals surface area contributed by atoms with Crippen LogP contribution in [0.15, 0.2) is 0 Å². The van der Waals surface area contributed by atoms with Gasteiger partial charge in [0.15, 0.2) is 5.82 Å². The van der Waals surface area contributed by atoms with E-state index in [0.29, 0.717) is 12.4 Å². The number of carbonyl (C=O) groups is 1. The van der Waals surface area contributed by atoms with Gasteiger partial charge in [0.2, 0.25) is 0 Å². The first-order chi connectivity index (χ1) is 7.42. The molecular weight excluding hydrogens is 210 g/mol. The molecule has 90 valence electrons. The molecular formula is C10H17N3O3. The van der Waals surface area contributed by atoms with Crippen LogP contribution in [0.3, 0.4) is 0 Å². The van der Waals surface area contributed by atoms with E-state index in [4.69, 9.17) is 9.47 Å². The normalized spacial score (nSPS) is 11.6. The van der Waals surface area contributed by atoms with E-state index in [1.807, 2.05) is 13.8 Å². The van der Waals surface area contributed by atoms with Crippen molar-refractivity contribution in [1.82, 2.24) is 14.8 Å². The summed E-state index contributed by atoms with van der Waals surface area (Å²) in [6.07, 6.45) is 0. The number of hydrogen-bond acceptors (Lipinski definition) is 5. The monoisotopic (exact) mass is 227 g/mol. The van der Waals surface area contributed by atoms with Crippen molar-refractivity contribution in [3.8, 4) is 0 Å². The zero-order valence-corrected chi connectivity index (χ0v) is 10.3. The molecule has 1 aromatic rings. The van der Waals surface area contributed by atoms with Crippen LogP contribution >= 0.6 is 0 Å². The average Bonchev–Trinajstić information content (AvgIpc) is 2.61. The molecule has 1 rings (SSSR count). The largest absolute Gasteiger partial charge is 0.460 e. The molecule has 0 unspecified atom stereocenters. The van der Waals surface area contributed by atoms with E-state index >= 15 is 0 Å². The van der Waals surface area contributed by atoms with Gasteiger partial charge in [-0.25, -0.2) is 14.5 Å². The summed E-state index contributed by atoms with van der Waals surface area (Å²) in [7, 11) is 3.30. The fourth-order valence-electron chi connectivity index (χ4n) is 1.28. The molecule has 0 aromatic carbocycles. The number of nitrogens with zero attached hydrogens (tertiary/aromatic N) is 3. The first-order valence-electron chi connectivity index (χ1n) is 5.06. The first kappa shape index (κ1) is 12.6. The van der Waals surface area contributed by atoms with E-state index in [0.717, 1.165) is 0 Å². The van der Waals surface area contributed by atoms with Crippen LogP contribution in [-0.2, 0) is 22.1 Å². The van der Waals surface area contributed by atoms with Gasteiger partial charge in [-0.15, -0.1) is 5.10 Å². The molecule has 0 aliphatic rings. The third-order valence-electron chi connectivity index (χ3n) is 2.27. The standard InChI is InChI=1S/C10H17N3O3/c1-6-16-8(14)7-11-9(13(4)12-7)10(2,3)15-5/h6H2,1-5H3. The summed E-state index contributed by atoms with van der Waals surface area (Å²) >= 11 is 0. The highest BCUT2D eigenvalue weighted by atomic mass is 16.5. The average molecular weight is 227 g/mol. The van der Waals surface area contributed by atoms with Gasteiger partial charge in [0, 0.05) is 14.2 Å². The summed E-state index contributed by atoms with van der Waals surface area (Å²) in [5.41, 5.74) is -0.591. The van der Waals surface area contributed by atoms with Crippen molar-refractivity contribution in [3.63, 3.8) is 0 Å². The van der Waals surface area contributed by atoms with E-state index < -0.39 is 11.6 Å². The van der Waals surface area contributed by atoms with Crippen molar-refractivity contribution in [2.24, 2.45) is 7.05 Å². The third kappa shape index (κ3) is 2.38. The summed E-state index contributed by atoms with van der Waals surface area (Å²) in [6.45, 7) is 5.75. The van der Waals surface area contributed by atoms with Crippen LogP contribution < -0.4 is 0 Å². The minimum Gasteiger partial charge on any atom is -0.460 e. The Kier molecular flexibility index (Phi) is 3.64. The molecule has 0 aliphatic carbocycles. The van der Waals surface area contributed by atoms with E-state index in [2.05, 4.69) is 10.1 Å². The van der Waals surface area contributed by atoms with Crippen molar-refractivity contribution in [1.29, 1.82) is 0 Å². The topological polar surface area (TPSA) is 66.2 Å². The van der Waals surface area contributed by atoms with Crippen LogP contribution in [-0.4, -0.2) is 34.5 Å². The number of aromatic nitrogens is 3. The van der Waals surface area contributed by atoms with Crippen molar-refractivity contribution in [2.45, 2.75) is 26.4 Å². The molecule has 1 aromatic heterocycles. The van der Waals surface area contributed by atoms with Gasteiger partial charge in [0.25, 0.3) is 5.82 Å². The lowest BCUT2D eigenvalue weighted by atomic mass is 10.1. The molecule has 1 heterocycles. The Morgan fingerprint density at radius 2 is 2.12 bits per heavy atom. The van der Waals surface area contributed by atoms with Gasteiger partial charge in [-0.3, -0.25) is 0 Å². The Morgan fingerprint density at radius 1 is 1.50 bits per heavy atom. The zero-order chi connectivity index (χ0) is 12.3. The number of methoxy groups -OCH3 is 1. The molecule has 6 heteroatoms. The van der Waals surface area contributed by atoms with Crippen LogP contribution in [0.25, 0.3) is 0 Å². The van der Waals surface area contributed by atoms with Crippen molar-refractivity contribution in [3.05, 3.63) is 11.6 Å². The number of hydrogen-bond donors (Lipinski definition) is 0. The van der Waals surface area contributed by atoms with Crippen LogP contribution in [0.1, 0.15) is 37.2 Å². The van der Waals surface area contributed by atoms with E-state index in [1.54, 1.807) is 21.1 Å². The van der Waals surface area contributed by atoms with Crippen LogP contribution in [0.5, 0.6) is 0 Å². The highest BCUT2D eigenvalue weighted by Gasteiger charge is 2.28. The minimum absolute atomic E-state index is 0.0597.